The SMILES string of the molecule is CN=C(NCCc1c(C)nn(C)c1C)NCc1sc(C)nc1C. The number of aromatic nitrogens is 3. The van der Waals surface area contributed by atoms with Gasteiger partial charge in [0, 0.05) is 31.2 Å². The van der Waals surface area contributed by atoms with Gasteiger partial charge in [-0.3, -0.25) is 9.67 Å². The van der Waals surface area contributed by atoms with Crippen molar-refractivity contribution in [1.29, 1.82) is 0 Å². The van der Waals surface area contributed by atoms with Crippen LogP contribution in [0.15, 0.2) is 4.99 Å². The van der Waals surface area contributed by atoms with Crippen molar-refractivity contribution in [3.63, 3.8) is 0 Å². The van der Waals surface area contributed by atoms with Gasteiger partial charge in [0.25, 0.3) is 0 Å². The second-order valence-corrected chi connectivity index (χ2v) is 6.90. The van der Waals surface area contributed by atoms with E-state index in [-0.39, 0.29) is 0 Å². The Morgan fingerprint density at radius 1 is 1.17 bits per heavy atom. The first kappa shape index (κ1) is 17.5. The molecular formula is C16H26N6S. The Kier molecular flexibility index (Phi) is 5.76. The van der Waals surface area contributed by atoms with Gasteiger partial charge in [0.05, 0.1) is 22.9 Å². The fraction of sp³-hybridized carbons (Fsp3) is 0.562. The first-order chi connectivity index (χ1) is 10.9. The highest BCUT2D eigenvalue weighted by Crippen LogP contribution is 2.16. The maximum Gasteiger partial charge on any atom is 0.191 e. The van der Waals surface area contributed by atoms with Crippen LogP contribution in [0.2, 0.25) is 0 Å². The van der Waals surface area contributed by atoms with Crippen LogP contribution in [-0.2, 0) is 20.0 Å². The van der Waals surface area contributed by atoms with Gasteiger partial charge in [-0.1, -0.05) is 0 Å². The summed E-state index contributed by atoms with van der Waals surface area (Å²) in [6, 6.07) is 0. The molecule has 0 unspecified atom stereocenters. The quantitative estimate of drug-likeness (QED) is 0.648. The third kappa shape index (κ3) is 4.31. The molecule has 2 N–H and O–H groups in total. The highest BCUT2D eigenvalue weighted by molar-refractivity contribution is 7.11. The molecule has 126 valence electrons. The molecule has 0 saturated heterocycles. The molecule has 0 amide bonds. The second-order valence-electron chi connectivity index (χ2n) is 5.62. The summed E-state index contributed by atoms with van der Waals surface area (Å²) in [5.41, 5.74) is 4.73. The van der Waals surface area contributed by atoms with Crippen LogP contribution in [0.1, 0.15) is 32.5 Å². The predicted octanol–water partition coefficient (Wildman–Crippen LogP) is 2.02. The normalized spacial score (nSPS) is 11.8. The summed E-state index contributed by atoms with van der Waals surface area (Å²) in [5, 5.41) is 12.3. The first-order valence-corrected chi connectivity index (χ1v) is 8.60. The lowest BCUT2D eigenvalue weighted by Crippen LogP contribution is -2.37. The van der Waals surface area contributed by atoms with E-state index >= 15 is 0 Å². The van der Waals surface area contributed by atoms with Gasteiger partial charge in [-0.15, -0.1) is 11.3 Å². The maximum absolute atomic E-state index is 4.45. The van der Waals surface area contributed by atoms with Crippen molar-refractivity contribution < 1.29 is 0 Å². The van der Waals surface area contributed by atoms with E-state index in [1.54, 1.807) is 18.4 Å². The number of nitrogens with zero attached hydrogens (tertiary/aromatic N) is 4. The largest absolute Gasteiger partial charge is 0.356 e. The van der Waals surface area contributed by atoms with Crippen molar-refractivity contribution >= 4 is 17.3 Å². The minimum Gasteiger partial charge on any atom is -0.356 e. The molecule has 2 rings (SSSR count). The van der Waals surface area contributed by atoms with E-state index in [0.717, 1.165) is 41.9 Å². The van der Waals surface area contributed by atoms with Crippen LogP contribution in [0.4, 0.5) is 0 Å². The smallest absolute Gasteiger partial charge is 0.191 e. The number of aryl methyl sites for hydroxylation is 4. The zero-order valence-electron chi connectivity index (χ0n) is 14.8. The molecule has 0 bridgehead atoms. The Hall–Kier alpha value is -1.89. The number of aliphatic imine (C=N–C) groups is 1. The number of hydrogen-bond donors (Lipinski definition) is 2. The third-order valence-electron chi connectivity index (χ3n) is 3.97. The van der Waals surface area contributed by atoms with Crippen LogP contribution in [-0.4, -0.2) is 34.3 Å². The number of guanidine groups is 1. The van der Waals surface area contributed by atoms with Crippen LogP contribution in [0, 0.1) is 27.7 Å². The molecule has 7 heteroatoms. The standard InChI is InChI=1S/C16H26N6S/c1-10-14(12(3)22(6)21-10)7-8-18-16(17-5)19-9-15-11(2)20-13(4)23-15/h7-9H2,1-6H3,(H2,17,18,19). The molecule has 0 aliphatic carbocycles. The predicted molar refractivity (Wildman–Crippen MR) is 96.2 cm³/mol. The molecule has 0 aliphatic rings. The van der Waals surface area contributed by atoms with E-state index in [0.29, 0.717) is 0 Å². The minimum atomic E-state index is 0.752. The highest BCUT2D eigenvalue weighted by Gasteiger charge is 2.09. The number of rotatable bonds is 5. The molecule has 2 aromatic rings. The lowest BCUT2D eigenvalue weighted by Gasteiger charge is -2.11. The van der Waals surface area contributed by atoms with Crippen molar-refractivity contribution in [3.8, 4) is 0 Å². The molecule has 2 aromatic heterocycles. The van der Waals surface area contributed by atoms with Gasteiger partial charge in [0.2, 0.25) is 0 Å². The van der Waals surface area contributed by atoms with Gasteiger partial charge < -0.3 is 10.6 Å². The lowest BCUT2D eigenvalue weighted by molar-refractivity contribution is 0.729. The Labute approximate surface area is 142 Å². The Balaban J connectivity index is 1.85. The van der Waals surface area contributed by atoms with Crippen LogP contribution >= 0.6 is 11.3 Å². The molecule has 6 nitrogen and oxygen atoms in total. The average Bonchev–Trinajstić information content (AvgIpc) is 2.94. The van der Waals surface area contributed by atoms with Gasteiger partial charge in [-0.2, -0.15) is 5.10 Å². The molecule has 0 saturated carbocycles. The number of thiazole rings is 1. The molecule has 23 heavy (non-hydrogen) atoms. The van der Waals surface area contributed by atoms with Gasteiger partial charge >= 0.3 is 0 Å². The zero-order chi connectivity index (χ0) is 17.0. The van der Waals surface area contributed by atoms with Gasteiger partial charge in [-0.05, 0) is 39.7 Å². The summed E-state index contributed by atoms with van der Waals surface area (Å²) in [7, 11) is 3.78. The zero-order valence-corrected chi connectivity index (χ0v) is 15.6. The van der Waals surface area contributed by atoms with E-state index in [9.17, 15) is 0 Å². The van der Waals surface area contributed by atoms with Gasteiger partial charge in [0.15, 0.2) is 5.96 Å². The summed E-state index contributed by atoms with van der Waals surface area (Å²) in [5.74, 6) is 0.814. The lowest BCUT2D eigenvalue weighted by atomic mass is 10.1. The summed E-state index contributed by atoms with van der Waals surface area (Å²) >= 11 is 1.73. The molecule has 0 atom stereocenters. The topological polar surface area (TPSA) is 67.1 Å². The van der Waals surface area contributed by atoms with Crippen LogP contribution in [0.3, 0.4) is 0 Å². The highest BCUT2D eigenvalue weighted by atomic mass is 32.1. The first-order valence-electron chi connectivity index (χ1n) is 7.78. The van der Waals surface area contributed by atoms with E-state index in [1.807, 2.05) is 25.6 Å². The van der Waals surface area contributed by atoms with Crippen LogP contribution < -0.4 is 10.6 Å². The third-order valence-corrected chi connectivity index (χ3v) is 5.04. The van der Waals surface area contributed by atoms with Gasteiger partial charge in [-0.25, -0.2) is 4.98 Å². The number of nitrogens with one attached hydrogen (secondary N) is 2. The van der Waals surface area contributed by atoms with E-state index in [1.165, 1.54) is 16.1 Å². The second kappa shape index (κ2) is 7.59. The number of hydrogen-bond acceptors (Lipinski definition) is 4. The van der Waals surface area contributed by atoms with Crippen LogP contribution in [0.5, 0.6) is 0 Å². The van der Waals surface area contributed by atoms with E-state index in [2.05, 4.69) is 39.6 Å². The average molecular weight is 334 g/mol. The molecule has 0 fully saturated rings. The minimum absolute atomic E-state index is 0.752. The van der Waals surface area contributed by atoms with Gasteiger partial charge in [0.1, 0.15) is 0 Å². The maximum atomic E-state index is 4.45. The van der Waals surface area contributed by atoms with Crippen molar-refractivity contribution in [2.75, 3.05) is 13.6 Å². The van der Waals surface area contributed by atoms with E-state index < -0.39 is 0 Å². The van der Waals surface area contributed by atoms with Crippen molar-refractivity contribution in [2.45, 2.75) is 40.7 Å². The fourth-order valence-corrected chi connectivity index (χ4v) is 3.48. The fourth-order valence-electron chi connectivity index (χ4n) is 2.61. The van der Waals surface area contributed by atoms with E-state index in [4.69, 9.17) is 0 Å². The molecule has 2 heterocycles. The Morgan fingerprint density at radius 2 is 1.91 bits per heavy atom. The van der Waals surface area contributed by atoms with Crippen LogP contribution in [0.25, 0.3) is 0 Å². The summed E-state index contributed by atoms with van der Waals surface area (Å²) in [6.45, 7) is 9.83. The summed E-state index contributed by atoms with van der Waals surface area (Å²) in [6.07, 6.45) is 0.935. The van der Waals surface area contributed by atoms with Crippen molar-refractivity contribution in [1.82, 2.24) is 25.4 Å². The Bertz CT molecular complexity index is 698. The molecule has 0 aliphatic heterocycles. The molecule has 0 aromatic carbocycles. The summed E-state index contributed by atoms with van der Waals surface area (Å²) < 4.78 is 1.94. The van der Waals surface area contributed by atoms with Crippen molar-refractivity contribution in [3.05, 3.63) is 32.5 Å². The van der Waals surface area contributed by atoms with Crippen molar-refractivity contribution in [2.24, 2.45) is 12.0 Å². The molecule has 0 spiro atoms. The molecular weight excluding hydrogens is 308 g/mol. The summed E-state index contributed by atoms with van der Waals surface area (Å²) in [4.78, 5) is 9.98. The molecule has 0 radical (unpaired) electrons. The Morgan fingerprint density at radius 3 is 2.43 bits per heavy atom. The monoisotopic (exact) mass is 334 g/mol.